The van der Waals surface area contributed by atoms with Crippen LogP contribution in [0.3, 0.4) is 0 Å². The molecule has 0 unspecified atom stereocenters. The summed E-state index contributed by atoms with van der Waals surface area (Å²) in [7, 11) is -3.90. The Balaban J connectivity index is 1.65. The number of carbonyl (C=O) groups is 1. The molecule has 180 valence electrons. The van der Waals surface area contributed by atoms with Crippen LogP contribution in [0.25, 0.3) is 0 Å². The van der Waals surface area contributed by atoms with Crippen LogP contribution in [0.5, 0.6) is 11.5 Å². The molecule has 1 amide bonds. The van der Waals surface area contributed by atoms with E-state index in [1.165, 1.54) is 16.4 Å². The third kappa shape index (κ3) is 6.23. The summed E-state index contributed by atoms with van der Waals surface area (Å²) >= 11 is 0. The topological polar surface area (TPSA) is 84.9 Å². The smallest absolute Gasteiger partial charge is 0.243 e. The van der Waals surface area contributed by atoms with Crippen molar-refractivity contribution in [2.75, 3.05) is 26.3 Å². The molecule has 0 spiro atoms. The molecular weight excluding hydrogens is 447 g/mol. The monoisotopic (exact) mass is 478 g/mol. The van der Waals surface area contributed by atoms with Gasteiger partial charge in [0.1, 0.15) is 11.9 Å². The maximum atomic E-state index is 13.2. The summed E-state index contributed by atoms with van der Waals surface area (Å²) in [6.07, 6.45) is 2.46. The first-order chi connectivity index (χ1) is 15.9. The quantitative estimate of drug-likeness (QED) is 0.565. The zero-order valence-corrected chi connectivity index (χ0v) is 19.9. The minimum Gasteiger partial charge on any atom is -0.490 e. The average Bonchev–Trinajstić information content (AvgIpc) is 2.81. The van der Waals surface area contributed by atoms with Gasteiger partial charge in [-0.3, -0.25) is 4.79 Å². The van der Waals surface area contributed by atoms with Crippen molar-refractivity contribution in [3.8, 4) is 11.5 Å². The van der Waals surface area contributed by atoms with Crippen molar-refractivity contribution in [2.45, 2.75) is 50.5 Å². The Bertz CT molecular complexity index is 1040. The third-order valence-corrected chi connectivity index (χ3v) is 7.42. The first-order valence-electron chi connectivity index (χ1n) is 11.3. The highest BCUT2D eigenvalue weighted by molar-refractivity contribution is 7.89. The second-order valence-corrected chi connectivity index (χ2v) is 9.66. The molecule has 1 aliphatic rings. The van der Waals surface area contributed by atoms with E-state index in [1.54, 1.807) is 0 Å². The number of carbonyl (C=O) groups excluding carboxylic acids is 1. The standard InChI is InChI=1S/C24H31FN2O5S/c1-3-31-22-13-8-18(17-23(22)32-4-2)14-15-26-24(28)21-7-5-6-16-27(21)33(29,30)20-11-9-19(25)10-12-20/h8-13,17,21H,3-7,14-16H2,1-2H3,(H,26,28)/t21-/m0/s1. The molecule has 1 N–H and O–H groups in total. The van der Waals surface area contributed by atoms with Gasteiger partial charge in [0.2, 0.25) is 15.9 Å². The largest absolute Gasteiger partial charge is 0.490 e. The van der Waals surface area contributed by atoms with Gasteiger partial charge in [0.15, 0.2) is 11.5 Å². The van der Waals surface area contributed by atoms with Gasteiger partial charge in [-0.1, -0.05) is 12.5 Å². The van der Waals surface area contributed by atoms with E-state index in [0.717, 1.165) is 24.1 Å². The normalized spacial score (nSPS) is 16.9. The van der Waals surface area contributed by atoms with Gasteiger partial charge in [-0.25, -0.2) is 12.8 Å². The molecule has 1 saturated heterocycles. The Morgan fingerprint density at radius 2 is 1.76 bits per heavy atom. The fourth-order valence-corrected chi connectivity index (χ4v) is 5.55. The average molecular weight is 479 g/mol. The lowest BCUT2D eigenvalue weighted by Gasteiger charge is -2.33. The molecule has 7 nitrogen and oxygen atoms in total. The van der Waals surface area contributed by atoms with Gasteiger partial charge in [0.25, 0.3) is 0 Å². The van der Waals surface area contributed by atoms with E-state index < -0.39 is 21.9 Å². The summed E-state index contributed by atoms with van der Waals surface area (Å²) in [5.41, 5.74) is 0.974. The molecule has 1 fully saturated rings. The van der Waals surface area contributed by atoms with Crippen LogP contribution in [0, 0.1) is 5.82 Å². The fourth-order valence-electron chi connectivity index (χ4n) is 3.90. The van der Waals surface area contributed by atoms with Crippen LogP contribution < -0.4 is 14.8 Å². The van der Waals surface area contributed by atoms with Crippen LogP contribution >= 0.6 is 0 Å². The Hall–Kier alpha value is -2.65. The summed E-state index contributed by atoms with van der Waals surface area (Å²) in [5.74, 6) is 0.503. The minimum absolute atomic E-state index is 0.0126. The van der Waals surface area contributed by atoms with Crippen LogP contribution in [-0.2, 0) is 21.2 Å². The maximum absolute atomic E-state index is 13.2. The Labute approximate surface area is 194 Å². The van der Waals surface area contributed by atoms with E-state index in [1.807, 2.05) is 32.0 Å². The molecule has 2 aromatic carbocycles. The molecule has 1 heterocycles. The number of amides is 1. The molecule has 33 heavy (non-hydrogen) atoms. The summed E-state index contributed by atoms with van der Waals surface area (Å²) in [6, 6.07) is 9.57. The number of benzene rings is 2. The van der Waals surface area contributed by atoms with Crippen LogP contribution in [0.1, 0.15) is 38.7 Å². The van der Waals surface area contributed by atoms with Crippen LogP contribution in [0.2, 0.25) is 0 Å². The van der Waals surface area contributed by atoms with Gasteiger partial charge in [-0.2, -0.15) is 4.31 Å². The maximum Gasteiger partial charge on any atom is 0.243 e. The lowest BCUT2D eigenvalue weighted by Crippen LogP contribution is -2.52. The van der Waals surface area contributed by atoms with Crippen molar-refractivity contribution < 1.29 is 27.1 Å². The van der Waals surface area contributed by atoms with Crippen molar-refractivity contribution in [1.29, 1.82) is 0 Å². The molecule has 0 radical (unpaired) electrons. The van der Waals surface area contributed by atoms with Crippen molar-refractivity contribution >= 4 is 15.9 Å². The highest BCUT2D eigenvalue weighted by Crippen LogP contribution is 2.29. The van der Waals surface area contributed by atoms with Gasteiger partial charge in [-0.15, -0.1) is 0 Å². The van der Waals surface area contributed by atoms with E-state index in [4.69, 9.17) is 9.47 Å². The number of sulfonamides is 1. The Morgan fingerprint density at radius 3 is 2.45 bits per heavy atom. The molecular formula is C24H31FN2O5S. The number of piperidine rings is 1. The Kier molecular flexibility index (Phi) is 8.68. The molecule has 0 saturated carbocycles. The van der Waals surface area contributed by atoms with Crippen LogP contribution in [0.15, 0.2) is 47.4 Å². The summed E-state index contributed by atoms with van der Waals surface area (Å²) in [6.45, 7) is 5.48. The van der Waals surface area contributed by atoms with Gasteiger partial charge < -0.3 is 14.8 Å². The number of halogens is 1. The van der Waals surface area contributed by atoms with Gasteiger partial charge >= 0.3 is 0 Å². The minimum atomic E-state index is -3.90. The third-order valence-electron chi connectivity index (χ3n) is 5.50. The second kappa shape index (κ2) is 11.5. The van der Waals surface area contributed by atoms with E-state index in [-0.39, 0.29) is 17.3 Å². The second-order valence-electron chi connectivity index (χ2n) is 7.77. The zero-order chi connectivity index (χ0) is 23.8. The molecule has 1 atom stereocenters. The van der Waals surface area contributed by atoms with Crippen LogP contribution in [0.4, 0.5) is 4.39 Å². The predicted molar refractivity (Wildman–Crippen MR) is 123 cm³/mol. The molecule has 0 aliphatic carbocycles. The van der Waals surface area contributed by atoms with Gasteiger partial charge in [-0.05, 0) is 75.1 Å². The predicted octanol–water partition coefficient (Wildman–Crippen LogP) is 3.53. The van der Waals surface area contributed by atoms with Crippen molar-refractivity contribution in [3.05, 3.63) is 53.8 Å². The molecule has 9 heteroatoms. The number of rotatable bonds is 10. The number of nitrogens with zero attached hydrogens (tertiary/aromatic N) is 1. The van der Waals surface area contributed by atoms with E-state index in [9.17, 15) is 17.6 Å². The highest BCUT2D eigenvalue weighted by atomic mass is 32.2. The van der Waals surface area contributed by atoms with Crippen molar-refractivity contribution in [1.82, 2.24) is 9.62 Å². The van der Waals surface area contributed by atoms with Gasteiger partial charge in [0.05, 0.1) is 18.1 Å². The number of ether oxygens (including phenoxy) is 2. The van der Waals surface area contributed by atoms with E-state index in [2.05, 4.69) is 5.32 Å². The van der Waals surface area contributed by atoms with Crippen molar-refractivity contribution in [3.63, 3.8) is 0 Å². The van der Waals surface area contributed by atoms with Crippen LogP contribution in [-0.4, -0.2) is 51.0 Å². The number of hydrogen-bond acceptors (Lipinski definition) is 5. The SMILES string of the molecule is CCOc1ccc(CCNC(=O)[C@@H]2CCCCN2S(=O)(=O)c2ccc(F)cc2)cc1OCC. The Morgan fingerprint density at radius 1 is 1.06 bits per heavy atom. The summed E-state index contributed by atoms with van der Waals surface area (Å²) in [5, 5.41) is 2.88. The molecule has 2 aromatic rings. The summed E-state index contributed by atoms with van der Waals surface area (Å²) < 4.78 is 51.9. The first kappa shape index (κ1) is 25.0. The fraction of sp³-hybridized carbons (Fsp3) is 0.458. The first-order valence-corrected chi connectivity index (χ1v) is 12.7. The molecule has 1 aliphatic heterocycles. The number of nitrogens with one attached hydrogen (secondary N) is 1. The zero-order valence-electron chi connectivity index (χ0n) is 19.1. The number of hydrogen-bond donors (Lipinski definition) is 1. The lowest BCUT2D eigenvalue weighted by atomic mass is 10.0. The van der Waals surface area contributed by atoms with Crippen molar-refractivity contribution in [2.24, 2.45) is 0 Å². The molecule has 0 aromatic heterocycles. The highest BCUT2D eigenvalue weighted by Gasteiger charge is 2.37. The summed E-state index contributed by atoms with van der Waals surface area (Å²) in [4.78, 5) is 12.9. The molecule has 0 bridgehead atoms. The lowest BCUT2D eigenvalue weighted by molar-refractivity contribution is -0.125. The van der Waals surface area contributed by atoms with E-state index in [0.29, 0.717) is 50.5 Å². The van der Waals surface area contributed by atoms with Gasteiger partial charge in [0, 0.05) is 13.1 Å². The van der Waals surface area contributed by atoms with E-state index >= 15 is 0 Å². The molecule has 3 rings (SSSR count).